The van der Waals surface area contributed by atoms with Crippen molar-refractivity contribution in [3.8, 4) is 0 Å². The van der Waals surface area contributed by atoms with Gasteiger partial charge in [0.05, 0.1) is 65.0 Å². The Morgan fingerprint density at radius 1 is 0.460 bits per heavy atom. The molecule has 0 aromatic carbocycles. The minimum atomic E-state index is -4.63. The molecule has 0 unspecified atom stereocenters. The Balaban J connectivity index is 5.98. The first-order valence-electron chi connectivity index (χ1n) is 22.3. The van der Waals surface area contributed by atoms with Crippen molar-refractivity contribution in [1.29, 1.82) is 0 Å². The number of hydrogen-bond acceptors (Lipinski definition) is 20. The van der Waals surface area contributed by atoms with Crippen LogP contribution in [0.2, 0.25) is 6.04 Å². The topological polar surface area (TPSA) is 371 Å². The third kappa shape index (κ3) is 24.9. The minimum absolute atomic E-state index is 0.163. The summed E-state index contributed by atoms with van der Waals surface area (Å²) in [6.07, 6.45) is -7.53. The van der Waals surface area contributed by atoms with E-state index in [1.165, 1.54) is 70.6 Å². The van der Waals surface area contributed by atoms with Crippen molar-refractivity contribution in [1.82, 2.24) is 0 Å². The first kappa shape index (κ1) is 61.0. The smallest absolute Gasteiger partial charge is 0.501 e. The molecule has 0 spiro atoms. The number of aliphatic carboxylic acids is 3. The largest absolute Gasteiger partial charge is 0.550 e. The summed E-state index contributed by atoms with van der Waals surface area (Å²) >= 11 is 0. The third-order valence-corrected chi connectivity index (χ3v) is 14.1. The molecule has 374 valence electrons. The second kappa shape index (κ2) is 32.7. The lowest BCUT2D eigenvalue weighted by Gasteiger charge is -2.36. The van der Waals surface area contributed by atoms with Crippen molar-refractivity contribution >= 4 is 26.7 Å². The number of carbonyl (C=O) groups excluding carboxylic acids is 3. The van der Waals surface area contributed by atoms with Crippen LogP contribution >= 0.6 is 0 Å². The van der Waals surface area contributed by atoms with E-state index in [9.17, 15) is 85.9 Å². The molecule has 0 saturated carbocycles. The first-order valence-corrected chi connectivity index (χ1v) is 24.2. The first-order chi connectivity index (χ1) is 29.4. The van der Waals surface area contributed by atoms with Gasteiger partial charge in [-0.1, -0.05) is 97.3 Å². The van der Waals surface area contributed by atoms with Crippen LogP contribution in [0.5, 0.6) is 0 Å². The lowest BCUT2D eigenvalue weighted by molar-refractivity contribution is -0.890. The number of unbranched alkanes of at least 4 members (excludes halogenated alkanes) is 14. The van der Waals surface area contributed by atoms with E-state index in [2.05, 4.69) is 6.92 Å². The molecule has 11 N–H and O–H groups in total. The Labute approximate surface area is 372 Å². The highest BCUT2D eigenvalue weighted by molar-refractivity contribution is 6.60. The van der Waals surface area contributed by atoms with Crippen LogP contribution < -0.4 is 15.3 Å². The van der Waals surface area contributed by atoms with Crippen molar-refractivity contribution in [3.05, 3.63) is 0 Å². The average molecular weight is 934 g/mol. The maximum atomic E-state index is 11.3. The predicted molar refractivity (Wildman–Crippen MR) is 220 cm³/mol. The molecule has 0 radical (unpaired) electrons. The number of carboxylic acid groups (broad SMARTS) is 3. The molecule has 0 heterocycles. The van der Waals surface area contributed by atoms with Crippen LogP contribution in [0, 0.1) is 5.92 Å². The molecule has 0 bridgehead atoms. The van der Waals surface area contributed by atoms with E-state index in [-0.39, 0.29) is 12.5 Å². The van der Waals surface area contributed by atoms with Gasteiger partial charge in [-0.25, -0.2) is 0 Å². The fraction of sp³-hybridized carbons (Fsp3) is 0.927. The molecule has 0 aromatic heterocycles. The maximum Gasteiger partial charge on any atom is 0.501 e. The van der Waals surface area contributed by atoms with Gasteiger partial charge in [-0.15, -0.1) is 0 Å². The van der Waals surface area contributed by atoms with E-state index in [1.807, 2.05) is 14.1 Å². The van der Waals surface area contributed by atoms with E-state index in [0.717, 1.165) is 39.2 Å². The van der Waals surface area contributed by atoms with Crippen LogP contribution in [0.15, 0.2) is 0 Å². The second-order valence-corrected chi connectivity index (χ2v) is 20.1. The van der Waals surface area contributed by atoms with Crippen LogP contribution in [0.1, 0.15) is 117 Å². The van der Waals surface area contributed by atoms with Crippen LogP contribution in [0.3, 0.4) is 0 Å². The Morgan fingerprint density at radius 2 is 0.762 bits per heavy atom. The van der Waals surface area contributed by atoms with Crippen LogP contribution in [-0.2, 0) is 27.7 Å². The van der Waals surface area contributed by atoms with Crippen LogP contribution in [0.4, 0.5) is 0 Å². The molecule has 22 heteroatoms. The molecular formula is C41H79NO20Si-2. The number of quaternary nitrogens is 1. The number of carbonyl (C=O) groups is 3. The van der Waals surface area contributed by atoms with E-state index in [4.69, 9.17) is 13.3 Å². The molecule has 0 aliphatic heterocycles. The molecule has 0 aromatic rings. The number of aliphatic hydroxyl groups is 11. The SMILES string of the molecule is CCCCCCCCCCCCCCCCC[N+](C)(C)CCC[Si](OC[C@@H](O)[C@@H](O)[C@H](O)[C@@H](C)C(=O)[O-])(OC[C@@H](O)[C@@H](O)[C@H](O)[C@@H](O)C(=O)[O-])OC[C@@H](O)[C@@H](O)[C@H](O)[C@@H](O)C(=O)[O-]. The molecule has 0 fully saturated rings. The van der Waals surface area contributed by atoms with E-state index in [0.29, 0.717) is 11.0 Å². The zero-order valence-electron chi connectivity index (χ0n) is 37.5. The number of aliphatic hydroxyl groups excluding tert-OH is 11. The van der Waals surface area contributed by atoms with Gasteiger partial charge >= 0.3 is 8.80 Å². The highest BCUT2D eigenvalue weighted by Gasteiger charge is 2.46. The fourth-order valence-corrected chi connectivity index (χ4v) is 9.34. The van der Waals surface area contributed by atoms with E-state index < -0.39 is 120 Å². The van der Waals surface area contributed by atoms with Crippen molar-refractivity contribution in [2.75, 3.05) is 47.0 Å². The molecule has 0 saturated heterocycles. The molecule has 0 rings (SSSR count). The van der Waals surface area contributed by atoms with Gasteiger partial charge < -0.3 is 104 Å². The number of hydrogen-bond donors (Lipinski definition) is 11. The number of rotatable bonds is 41. The Morgan fingerprint density at radius 3 is 1.08 bits per heavy atom. The normalized spacial score (nSPS) is 18.3. The molecule has 12 atom stereocenters. The number of nitrogens with zero attached hydrogens (tertiary/aromatic N) is 1. The Hall–Kier alpha value is -1.97. The Kier molecular flexibility index (Phi) is 31.6. The summed E-state index contributed by atoms with van der Waals surface area (Å²) in [5, 5.41) is 146. The van der Waals surface area contributed by atoms with Gasteiger partial charge in [0.15, 0.2) is 0 Å². The zero-order valence-corrected chi connectivity index (χ0v) is 38.5. The van der Waals surface area contributed by atoms with Crippen molar-refractivity contribution in [3.63, 3.8) is 0 Å². The molecule has 0 amide bonds. The molecule has 63 heavy (non-hydrogen) atoms. The van der Waals surface area contributed by atoms with Gasteiger partial charge in [0.2, 0.25) is 0 Å². The summed E-state index contributed by atoms with van der Waals surface area (Å²) in [6.45, 7) is 1.25. The summed E-state index contributed by atoms with van der Waals surface area (Å²) < 4.78 is 17.9. The summed E-state index contributed by atoms with van der Waals surface area (Å²) in [5.41, 5.74) is 0. The van der Waals surface area contributed by atoms with Crippen LogP contribution in [-0.4, -0.2) is 202 Å². The van der Waals surface area contributed by atoms with E-state index >= 15 is 0 Å². The van der Waals surface area contributed by atoms with Crippen molar-refractivity contribution in [2.45, 2.75) is 190 Å². The van der Waals surface area contributed by atoms with Gasteiger partial charge in [-0.2, -0.15) is 0 Å². The molecule has 21 nitrogen and oxygen atoms in total. The van der Waals surface area contributed by atoms with Crippen molar-refractivity contribution in [2.24, 2.45) is 5.92 Å². The fourth-order valence-electron chi connectivity index (χ4n) is 6.79. The van der Waals surface area contributed by atoms with Gasteiger partial charge in [-0.3, -0.25) is 0 Å². The summed E-state index contributed by atoms with van der Waals surface area (Å²) in [7, 11) is -0.730. The summed E-state index contributed by atoms with van der Waals surface area (Å²) in [6, 6.07) is -0.269. The minimum Gasteiger partial charge on any atom is -0.550 e. The summed E-state index contributed by atoms with van der Waals surface area (Å²) in [4.78, 5) is 33.4. The quantitative estimate of drug-likeness (QED) is 0.0156. The van der Waals surface area contributed by atoms with Crippen LogP contribution in [0.25, 0.3) is 0 Å². The van der Waals surface area contributed by atoms with Crippen molar-refractivity contribution < 1.29 is 104 Å². The summed E-state index contributed by atoms with van der Waals surface area (Å²) in [5.74, 6) is -7.80. The zero-order chi connectivity index (χ0) is 48.3. The third-order valence-electron chi connectivity index (χ3n) is 11.3. The van der Waals surface area contributed by atoms with Gasteiger partial charge in [-0.05, 0) is 12.8 Å². The van der Waals surface area contributed by atoms with Gasteiger partial charge in [0, 0.05) is 24.4 Å². The second-order valence-electron chi connectivity index (χ2n) is 17.3. The predicted octanol–water partition coefficient (Wildman–Crippen LogP) is -4.83. The monoisotopic (exact) mass is 933 g/mol. The number of carboxylic acids is 3. The average Bonchev–Trinajstić information content (AvgIpc) is 3.24. The highest BCUT2D eigenvalue weighted by atomic mass is 28.4. The molecule has 0 aliphatic carbocycles. The lowest BCUT2D eigenvalue weighted by atomic mass is 9.97. The maximum absolute atomic E-state index is 11.3. The van der Waals surface area contributed by atoms with Gasteiger partial charge in [0.25, 0.3) is 0 Å². The Bertz CT molecular complexity index is 1130. The molecular weight excluding hydrogens is 855 g/mol. The van der Waals surface area contributed by atoms with Gasteiger partial charge in [0.1, 0.15) is 61.0 Å². The van der Waals surface area contributed by atoms with E-state index in [1.54, 1.807) is 0 Å². The highest BCUT2D eigenvalue weighted by Crippen LogP contribution is 2.24. The lowest BCUT2D eigenvalue weighted by Crippen LogP contribution is -2.57. The standard InChI is InChI=1S/C41H81NO20Si/c1-5-6-7-8-9-10-11-12-13-14-15-16-17-18-19-21-42(3,4)22-20-23-63(60-24-28(43)32(47)31(46)27(2)39(54)55,61-25-29(44)33(48)35(50)37(52)40(56)57)62-26-30(45)34(49)36(51)38(53)41(58)59/h27-38,43-53H,5-26H2,1-4H3,(H2-,54,55,56,57,58,59)/p-2/t27-,28-,29-,30-,31-,32-,33-,34-,35+,36+,37-,38-/m1/s1. The molecule has 0 aliphatic rings.